The van der Waals surface area contributed by atoms with E-state index >= 15 is 0 Å². The van der Waals surface area contributed by atoms with Gasteiger partial charge in [-0.1, -0.05) is 6.07 Å². The van der Waals surface area contributed by atoms with Gasteiger partial charge in [0.15, 0.2) is 0 Å². The molecular formula is C15H21N3O4S. The molecule has 2 aliphatic rings. The molecule has 7 nitrogen and oxygen atoms in total. The van der Waals surface area contributed by atoms with Gasteiger partial charge in [0.2, 0.25) is 15.9 Å². The number of hydrogen-bond donors (Lipinski definition) is 1. The number of carbonyl (C=O) groups excluding carboxylic acids is 1. The second-order valence-corrected chi connectivity index (χ2v) is 7.94. The van der Waals surface area contributed by atoms with Crippen LogP contribution in [0.25, 0.3) is 0 Å². The zero-order chi connectivity index (χ0) is 16.4. The van der Waals surface area contributed by atoms with Crippen LogP contribution in [-0.4, -0.2) is 54.7 Å². The first-order chi connectivity index (χ1) is 10.9. The van der Waals surface area contributed by atoms with Crippen molar-refractivity contribution in [3.63, 3.8) is 0 Å². The Morgan fingerprint density at radius 3 is 2.91 bits per heavy atom. The largest absolute Gasteiger partial charge is 0.363 e. The van der Waals surface area contributed by atoms with Crippen LogP contribution in [0, 0.1) is 0 Å². The molecule has 1 aromatic heterocycles. The summed E-state index contributed by atoms with van der Waals surface area (Å²) >= 11 is 0. The first kappa shape index (κ1) is 16.4. The van der Waals surface area contributed by atoms with Crippen molar-refractivity contribution in [2.45, 2.75) is 44.1 Å². The molecule has 0 bridgehead atoms. The van der Waals surface area contributed by atoms with Crippen LogP contribution in [0.3, 0.4) is 0 Å². The fraction of sp³-hybridized carbons (Fsp3) is 0.600. The van der Waals surface area contributed by atoms with Crippen LogP contribution >= 0.6 is 0 Å². The third kappa shape index (κ3) is 3.70. The van der Waals surface area contributed by atoms with Gasteiger partial charge >= 0.3 is 0 Å². The molecule has 3 atom stereocenters. The van der Waals surface area contributed by atoms with Crippen molar-refractivity contribution in [1.82, 2.24) is 14.6 Å². The normalized spacial score (nSPS) is 28.3. The summed E-state index contributed by atoms with van der Waals surface area (Å²) in [6.45, 7) is 0.833. The molecule has 1 aromatic rings. The molecule has 2 aliphatic heterocycles. The third-order valence-electron chi connectivity index (χ3n) is 4.39. The van der Waals surface area contributed by atoms with Crippen LogP contribution in [0.4, 0.5) is 0 Å². The van der Waals surface area contributed by atoms with Gasteiger partial charge in [-0.2, -0.15) is 4.31 Å². The summed E-state index contributed by atoms with van der Waals surface area (Å²) in [6, 6.07) is 5.40. The fourth-order valence-electron chi connectivity index (χ4n) is 3.29. The Kier molecular flexibility index (Phi) is 4.65. The van der Waals surface area contributed by atoms with Crippen LogP contribution in [0.2, 0.25) is 0 Å². The highest BCUT2D eigenvalue weighted by Gasteiger charge is 2.44. The molecule has 126 valence electrons. The number of nitrogens with zero attached hydrogens (tertiary/aromatic N) is 2. The van der Waals surface area contributed by atoms with E-state index in [-0.39, 0.29) is 18.1 Å². The van der Waals surface area contributed by atoms with Gasteiger partial charge < -0.3 is 10.1 Å². The zero-order valence-electron chi connectivity index (χ0n) is 13.0. The van der Waals surface area contributed by atoms with E-state index in [1.165, 1.54) is 10.6 Å². The van der Waals surface area contributed by atoms with Crippen molar-refractivity contribution in [2.75, 3.05) is 12.8 Å². The predicted octanol–water partition coefficient (Wildman–Crippen LogP) is 0.279. The van der Waals surface area contributed by atoms with Crippen LogP contribution in [0.5, 0.6) is 0 Å². The third-order valence-corrected chi connectivity index (χ3v) is 5.69. The molecule has 1 amide bonds. The Hall–Kier alpha value is -1.51. The van der Waals surface area contributed by atoms with Crippen LogP contribution < -0.4 is 5.32 Å². The first-order valence-corrected chi connectivity index (χ1v) is 9.60. The number of ether oxygens (including phenoxy) is 1. The lowest BCUT2D eigenvalue weighted by Gasteiger charge is -2.34. The van der Waals surface area contributed by atoms with Crippen molar-refractivity contribution in [2.24, 2.45) is 0 Å². The maximum Gasteiger partial charge on any atom is 0.249 e. The molecule has 3 rings (SSSR count). The predicted molar refractivity (Wildman–Crippen MR) is 83.9 cm³/mol. The fourth-order valence-corrected chi connectivity index (χ4v) is 4.46. The van der Waals surface area contributed by atoms with Crippen molar-refractivity contribution in [1.29, 1.82) is 0 Å². The molecule has 2 fully saturated rings. The SMILES string of the molecule is CS(=O)(=O)N1CC[C@H]2O[C@@H](C(=O)NCc3ccccn3)CC[C@H]21. The summed E-state index contributed by atoms with van der Waals surface area (Å²) in [6.07, 6.45) is 4.02. The van der Waals surface area contributed by atoms with Gasteiger partial charge in [0.05, 0.1) is 30.6 Å². The second-order valence-electron chi connectivity index (χ2n) is 6.01. The molecule has 0 aliphatic carbocycles. The van der Waals surface area contributed by atoms with E-state index in [0.29, 0.717) is 32.4 Å². The van der Waals surface area contributed by atoms with Crippen molar-refractivity contribution in [3.05, 3.63) is 30.1 Å². The number of nitrogens with one attached hydrogen (secondary N) is 1. The summed E-state index contributed by atoms with van der Waals surface area (Å²) in [7, 11) is -3.21. The molecule has 0 radical (unpaired) electrons. The number of sulfonamides is 1. The quantitative estimate of drug-likeness (QED) is 0.851. The number of pyridine rings is 1. The van der Waals surface area contributed by atoms with Crippen molar-refractivity contribution in [3.8, 4) is 0 Å². The minimum atomic E-state index is -3.21. The van der Waals surface area contributed by atoms with E-state index < -0.39 is 16.1 Å². The maximum absolute atomic E-state index is 12.2. The molecule has 23 heavy (non-hydrogen) atoms. The summed E-state index contributed by atoms with van der Waals surface area (Å²) in [5.41, 5.74) is 0.790. The maximum atomic E-state index is 12.2. The number of rotatable bonds is 4. The number of hydrogen-bond acceptors (Lipinski definition) is 5. The van der Waals surface area contributed by atoms with Gasteiger partial charge in [0.1, 0.15) is 6.10 Å². The molecule has 8 heteroatoms. The molecule has 3 heterocycles. The van der Waals surface area contributed by atoms with Gasteiger partial charge in [-0.3, -0.25) is 9.78 Å². The molecule has 1 N–H and O–H groups in total. The van der Waals surface area contributed by atoms with Crippen LogP contribution in [0.15, 0.2) is 24.4 Å². The number of amides is 1. The van der Waals surface area contributed by atoms with E-state index in [1.54, 1.807) is 6.20 Å². The van der Waals surface area contributed by atoms with E-state index in [9.17, 15) is 13.2 Å². The lowest BCUT2D eigenvalue weighted by atomic mass is 9.99. The summed E-state index contributed by atoms with van der Waals surface area (Å²) < 4.78 is 30.8. The summed E-state index contributed by atoms with van der Waals surface area (Å²) in [5.74, 6) is -0.160. The van der Waals surface area contributed by atoms with Gasteiger partial charge in [-0.05, 0) is 31.4 Å². The summed E-state index contributed by atoms with van der Waals surface area (Å²) in [5, 5.41) is 2.83. The number of aromatic nitrogens is 1. The molecule has 0 spiro atoms. The van der Waals surface area contributed by atoms with Gasteiger partial charge in [-0.25, -0.2) is 8.42 Å². The Morgan fingerprint density at radius 2 is 2.22 bits per heavy atom. The highest BCUT2D eigenvalue weighted by Crippen LogP contribution is 2.32. The van der Waals surface area contributed by atoms with Gasteiger partial charge in [-0.15, -0.1) is 0 Å². The lowest BCUT2D eigenvalue weighted by Crippen LogP contribution is -2.48. The molecular weight excluding hydrogens is 318 g/mol. The summed E-state index contributed by atoms with van der Waals surface area (Å²) in [4.78, 5) is 16.4. The van der Waals surface area contributed by atoms with Crippen molar-refractivity contribution >= 4 is 15.9 Å². The molecule has 0 saturated carbocycles. The minimum Gasteiger partial charge on any atom is -0.363 e. The first-order valence-electron chi connectivity index (χ1n) is 7.75. The number of fused-ring (bicyclic) bond motifs is 1. The highest BCUT2D eigenvalue weighted by atomic mass is 32.2. The Bertz CT molecular complexity index is 665. The topological polar surface area (TPSA) is 88.6 Å². The Balaban J connectivity index is 1.55. The van der Waals surface area contributed by atoms with E-state index in [4.69, 9.17) is 4.74 Å². The molecule has 2 saturated heterocycles. The Morgan fingerprint density at radius 1 is 1.39 bits per heavy atom. The molecule has 0 unspecified atom stereocenters. The number of carbonyl (C=O) groups is 1. The molecule has 0 aromatic carbocycles. The minimum absolute atomic E-state index is 0.134. The van der Waals surface area contributed by atoms with Crippen LogP contribution in [0.1, 0.15) is 25.0 Å². The smallest absolute Gasteiger partial charge is 0.249 e. The van der Waals surface area contributed by atoms with Crippen molar-refractivity contribution < 1.29 is 17.9 Å². The average molecular weight is 339 g/mol. The zero-order valence-corrected chi connectivity index (χ0v) is 13.8. The van der Waals surface area contributed by atoms with Gasteiger partial charge in [0, 0.05) is 12.7 Å². The monoisotopic (exact) mass is 339 g/mol. The standard InChI is InChI=1S/C15H21N3O4S/c1-23(20,21)18-9-7-13-12(18)5-6-14(22-13)15(19)17-10-11-4-2-3-8-16-11/h2-4,8,12-14H,5-7,9-10H2,1H3,(H,17,19)/t12-,13-,14-/m1/s1. The van der Waals surface area contributed by atoms with E-state index in [1.807, 2.05) is 18.2 Å². The highest BCUT2D eigenvalue weighted by molar-refractivity contribution is 7.88. The lowest BCUT2D eigenvalue weighted by molar-refractivity contribution is -0.143. The van der Waals surface area contributed by atoms with Gasteiger partial charge in [0.25, 0.3) is 0 Å². The average Bonchev–Trinajstić information content (AvgIpc) is 2.96. The Labute approximate surface area is 136 Å². The van der Waals surface area contributed by atoms with Crippen LogP contribution in [-0.2, 0) is 26.1 Å². The second kappa shape index (κ2) is 6.54. The van der Waals surface area contributed by atoms with E-state index in [0.717, 1.165) is 5.69 Å². The van der Waals surface area contributed by atoms with E-state index in [2.05, 4.69) is 10.3 Å².